The molecule has 6 nitrogen and oxygen atoms in total. The molecule has 0 spiro atoms. The van der Waals surface area contributed by atoms with Crippen LogP contribution in [-0.2, 0) is 6.42 Å². The van der Waals surface area contributed by atoms with Crippen LogP contribution in [0.1, 0.15) is 29.9 Å². The number of carbonyl (C=O) groups excluding carboxylic acids is 1. The second-order valence-corrected chi connectivity index (χ2v) is 5.42. The average Bonchev–Trinajstić information content (AvgIpc) is 2.55. The summed E-state index contributed by atoms with van der Waals surface area (Å²) in [5, 5.41) is 13.9. The lowest BCUT2D eigenvalue weighted by Gasteiger charge is -2.10. The van der Waals surface area contributed by atoms with Gasteiger partial charge in [0.25, 0.3) is 5.91 Å². The molecular formula is C17H22N4O2. The van der Waals surface area contributed by atoms with E-state index in [2.05, 4.69) is 20.8 Å². The maximum atomic E-state index is 11.8. The van der Waals surface area contributed by atoms with Crippen molar-refractivity contribution >= 4 is 11.7 Å². The Morgan fingerprint density at radius 2 is 1.96 bits per heavy atom. The third-order valence-electron chi connectivity index (χ3n) is 3.21. The number of methoxy groups -OCH3 is 1. The second kappa shape index (κ2) is 8.12. The molecule has 0 fully saturated rings. The Hall–Kier alpha value is -2.63. The van der Waals surface area contributed by atoms with Gasteiger partial charge < -0.3 is 15.4 Å². The van der Waals surface area contributed by atoms with Gasteiger partial charge in [-0.05, 0) is 44.0 Å². The standard InChI is InChI=1S/C17H22N4O2/c1-12(2)19-17(22)14-8-9-16(21-20-14)18-11-10-13-6-4-5-7-15(13)23-3/h4-9,12H,10-11H2,1-3H3,(H,18,21)(H,19,22). The van der Waals surface area contributed by atoms with Gasteiger partial charge in [-0.25, -0.2) is 0 Å². The van der Waals surface area contributed by atoms with Gasteiger partial charge in [-0.2, -0.15) is 0 Å². The number of hydrogen-bond donors (Lipinski definition) is 2. The highest BCUT2D eigenvalue weighted by molar-refractivity contribution is 5.92. The van der Waals surface area contributed by atoms with Crippen molar-refractivity contribution < 1.29 is 9.53 Å². The lowest BCUT2D eigenvalue weighted by Crippen LogP contribution is -2.30. The molecule has 2 aromatic rings. The Bertz CT molecular complexity index is 641. The molecule has 0 bridgehead atoms. The first-order valence-corrected chi connectivity index (χ1v) is 7.60. The van der Waals surface area contributed by atoms with Gasteiger partial charge in [-0.3, -0.25) is 4.79 Å². The molecule has 2 N–H and O–H groups in total. The minimum Gasteiger partial charge on any atom is -0.496 e. The maximum Gasteiger partial charge on any atom is 0.271 e. The van der Waals surface area contributed by atoms with Crippen LogP contribution in [0, 0.1) is 0 Å². The van der Waals surface area contributed by atoms with Crippen molar-refractivity contribution in [1.29, 1.82) is 0 Å². The van der Waals surface area contributed by atoms with E-state index in [0.29, 0.717) is 18.1 Å². The smallest absolute Gasteiger partial charge is 0.271 e. The van der Waals surface area contributed by atoms with Crippen LogP contribution in [0.5, 0.6) is 5.75 Å². The molecule has 6 heteroatoms. The number of carbonyl (C=O) groups is 1. The molecule has 1 aromatic heterocycles. The zero-order chi connectivity index (χ0) is 16.7. The van der Waals surface area contributed by atoms with Crippen molar-refractivity contribution in [3.63, 3.8) is 0 Å². The lowest BCUT2D eigenvalue weighted by molar-refractivity contribution is 0.0937. The van der Waals surface area contributed by atoms with Crippen LogP contribution in [0.4, 0.5) is 5.82 Å². The fourth-order valence-corrected chi connectivity index (χ4v) is 2.12. The van der Waals surface area contributed by atoms with Gasteiger partial charge in [-0.15, -0.1) is 10.2 Å². The Morgan fingerprint density at radius 3 is 2.61 bits per heavy atom. The van der Waals surface area contributed by atoms with E-state index in [0.717, 1.165) is 17.7 Å². The fraction of sp³-hybridized carbons (Fsp3) is 0.353. The molecule has 23 heavy (non-hydrogen) atoms. The number of amides is 1. The monoisotopic (exact) mass is 314 g/mol. The lowest BCUT2D eigenvalue weighted by atomic mass is 10.1. The number of para-hydroxylation sites is 1. The quantitative estimate of drug-likeness (QED) is 0.820. The number of ether oxygens (including phenoxy) is 1. The van der Waals surface area contributed by atoms with E-state index in [9.17, 15) is 4.79 Å². The van der Waals surface area contributed by atoms with Gasteiger partial charge in [-0.1, -0.05) is 18.2 Å². The largest absolute Gasteiger partial charge is 0.496 e. The number of nitrogens with one attached hydrogen (secondary N) is 2. The molecule has 0 aliphatic heterocycles. The molecule has 0 aliphatic rings. The fourth-order valence-electron chi connectivity index (χ4n) is 2.12. The van der Waals surface area contributed by atoms with E-state index in [-0.39, 0.29) is 11.9 Å². The molecule has 0 saturated heterocycles. The summed E-state index contributed by atoms with van der Waals surface area (Å²) in [5.41, 5.74) is 1.44. The Kier molecular flexibility index (Phi) is 5.91. The van der Waals surface area contributed by atoms with Crippen molar-refractivity contribution in [1.82, 2.24) is 15.5 Å². The minimum atomic E-state index is -0.215. The summed E-state index contributed by atoms with van der Waals surface area (Å²) in [6, 6.07) is 11.4. The zero-order valence-electron chi connectivity index (χ0n) is 13.7. The first kappa shape index (κ1) is 16.7. The summed E-state index contributed by atoms with van der Waals surface area (Å²) in [6.45, 7) is 4.50. The molecule has 0 aliphatic carbocycles. The number of anilines is 1. The number of benzene rings is 1. The van der Waals surface area contributed by atoms with E-state index in [4.69, 9.17) is 4.74 Å². The topological polar surface area (TPSA) is 76.1 Å². The van der Waals surface area contributed by atoms with Crippen LogP contribution in [-0.4, -0.2) is 35.8 Å². The molecule has 0 atom stereocenters. The first-order chi connectivity index (χ1) is 11.1. The molecule has 2 rings (SSSR count). The first-order valence-electron chi connectivity index (χ1n) is 7.60. The summed E-state index contributed by atoms with van der Waals surface area (Å²) in [7, 11) is 1.67. The molecule has 1 aromatic carbocycles. The molecule has 0 saturated carbocycles. The van der Waals surface area contributed by atoms with Crippen LogP contribution >= 0.6 is 0 Å². The van der Waals surface area contributed by atoms with Crippen LogP contribution in [0.2, 0.25) is 0 Å². The normalized spacial score (nSPS) is 10.4. The van der Waals surface area contributed by atoms with E-state index < -0.39 is 0 Å². The van der Waals surface area contributed by atoms with Crippen molar-refractivity contribution in [2.75, 3.05) is 19.0 Å². The molecule has 0 radical (unpaired) electrons. The summed E-state index contributed by atoms with van der Waals surface area (Å²) in [4.78, 5) is 11.8. The predicted octanol–water partition coefficient (Wildman–Crippen LogP) is 2.28. The minimum absolute atomic E-state index is 0.0722. The predicted molar refractivity (Wildman–Crippen MR) is 89.8 cm³/mol. The summed E-state index contributed by atoms with van der Waals surface area (Å²) in [5.74, 6) is 1.30. The van der Waals surface area contributed by atoms with Gasteiger partial charge in [0.2, 0.25) is 0 Å². The summed E-state index contributed by atoms with van der Waals surface area (Å²) in [6.07, 6.45) is 0.807. The van der Waals surface area contributed by atoms with Crippen LogP contribution in [0.15, 0.2) is 36.4 Å². The van der Waals surface area contributed by atoms with Gasteiger partial charge in [0.05, 0.1) is 7.11 Å². The Morgan fingerprint density at radius 1 is 1.17 bits per heavy atom. The highest BCUT2D eigenvalue weighted by atomic mass is 16.5. The van der Waals surface area contributed by atoms with Gasteiger partial charge >= 0.3 is 0 Å². The van der Waals surface area contributed by atoms with Gasteiger partial charge in [0, 0.05) is 12.6 Å². The van der Waals surface area contributed by atoms with Gasteiger partial charge in [0.1, 0.15) is 11.6 Å². The number of rotatable bonds is 7. The third kappa shape index (κ3) is 4.95. The Labute approximate surface area is 136 Å². The molecule has 1 amide bonds. The molecule has 1 heterocycles. The third-order valence-corrected chi connectivity index (χ3v) is 3.21. The highest BCUT2D eigenvalue weighted by Crippen LogP contribution is 2.17. The van der Waals surface area contributed by atoms with E-state index >= 15 is 0 Å². The van der Waals surface area contributed by atoms with Crippen molar-refractivity contribution in [3.05, 3.63) is 47.7 Å². The zero-order valence-corrected chi connectivity index (χ0v) is 13.7. The van der Waals surface area contributed by atoms with E-state index in [1.807, 2.05) is 38.1 Å². The number of aromatic nitrogens is 2. The van der Waals surface area contributed by atoms with E-state index in [1.165, 1.54) is 0 Å². The van der Waals surface area contributed by atoms with Crippen molar-refractivity contribution in [2.45, 2.75) is 26.3 Å². The van der Waals surface area contributed by atoms with E-state index in [1.54, 1.807) is 19.2 Å². The number of nitrogens with zero attached hydrogens (tertiary/aromatic N) is 2. The summed E-state index contributed by atoms with van der Waals surface area (Å²) < 4.78 is 5.32. The van der Waals surface area contributed by atoms with Gasteiger partial charge in [0.15, 0.2) is 5.69 Å². The SMILES string of the molecule is COc1ccccc1CCNc1ccc(C(=O)NC(C)C)nn1. The molecular weight excluding hydrogens is 292 g/mol. The highest BCUT2D eigenvalue weighted by Gasteiger charge is 2.09. The molecule has 122 valence electrons. The second-order valence-electron chi connectivity index (χ2n) is 5.42. The van der Waals surface area contributed by atoms with Crippen LogP contribution in [0.3, 0.4) is 0 Å². The van der Waals surface area contributed by atoms with Crippen molar-refractivity contribution in [2.24, 2.45) is 0 Å². The van der Waals surface area contributed by atoms with Crippen LogP contribution in [0.25, 0.3) is 0 Å². The average molecular weight is 314 g/mol. The molecule has 0 unspecified atom stereocenters. The Balaban J connectivity index is 1.88. The van der Waals surface area contributed by atoms with Crippen molar-refractivity contribution in [3.8, 4) is 5.75 Å². The maximum absolute atomic E-state index is 11.8. The van der Waals surface area contributed by atoms with Crippen LogP contribution < -0.4 is 15.4 Å². The summed E-state index contributed by atoms with van der Waals surface area (Å²) >= 11 is 0. The number of hydrogen-bond acceptors (Lipinski definition) is 5.